The number of nitro groups is 1. The highest BCUT2D eigenvalue weighted by atomic mass is 16.6. The number of hydrogen-bond donors (Lipinski definition) is 3. The van der Waals surface area contributed by atoms with Crippen LogP contribution in [0.2, 0.25) is 0 Å². The van der Waals surface area contributed by atoms with Crippen LogP contribution in [0.5, 0.6) is 5.75 Å². The van der Waals surface area contributed by atoms with E-state index in [1.54, 1.807) is 0 Å². The molecule has 0 saturated heterocycles. The van der Waals surface area contributed by atoms with Gasteiger partial charge in [-0.1, -0.05) is 13.8 Å². The molecule has 0 heterocycles. The fourth-order valence-electron chi connectivity index (χ4n) is 2.41. The summed E-state index contributed by atoms with van der Waals surface area (Å²) in [5, 5.41) is 24.9. The highest BCUT2D eigenvalue weighted by Crippen LogP contribution is 2.29. The number of aliphatic carboxylic acids is 1. The zero-order valence-corrected chi connectivity index (χ0v) is 15.6. The van der Waals surface area contributed by atoms with Gasteiger partial charge in [0.2, 0.25) is 5.91 Å². The van der Waals surface area contributed by atoms with E-state index in [0.717, 1.165) is 6.07 Å². The quantitative estimate of drug-likeness (QED) is 0.431. The van der Waals surface area contributed by atoms with E-state index in [1.165, 1.54) is 20.1 Å². The Hall–Kier alpha value is -3.17. The van der Waals surface area contributed by atoms with E-state index >= 15 is 0 Å². The lowest BCUT2D eigenvalue weighted by molar-refractivity contribution is -0.385. The van der Waals surface area contributed by atoms with Gasteiger partial charge in [0.15, 0.2) is 0 Å². The maximum absolute atomic E-state index is 12.2. The van der Waals surface area contributed by atoms with Crippen molar-refractivity contribution >= 4 is 23.5 Å². The number of nitro benzene ring substituents is 1. The number of carboxylic acid groups (broad SMARTS) is 1. The van der Waals surface area contributed by atoms with Gasteiger partial charge in [-0.05, 0) is 25.3 Å². The van der Waals surface area contributed by atoms with Crippen molar-refractivity contribution in [2.45, 2.75) is 33.2 Å². The van der Waals surface area contributed by atoms with Crippen molar-refractivity contribution in [1.29, 1.82) is 0 Å². The van der Waals surface area contributed by atoms with Crippen LogP contribution < -0.4 is 15.4 Å². The molecule has 3 N–H and O–H groups in total. The zero-order chi connectivity index (χ0) is 20.7. The van der Waals surface area contributed by atoms with Crippen LogP contribution in [0.25, 0.3) is 0 Å². The van der Waals surface area contributed by atoms with Crippen LogP contribution in [0.15, 0.2) is 12.1 Å². The highest BCUT2D eigenvalue weighted by Gasteiger charge is 2.23. The summed E-state index contributed by atoms with van der Waals surface area (Å²) in [4.78, 5) is 45.7. The van der Waals surface area contributed by atoms with E-state index in [2.05, 4.69) is 10.6 Å². The molecule has 2 amide bonds. The van der Waals surface area contributed by atoms with Crippen molar-refractivity contribution in [3.05, 3.63) is 33.4 Å². The fraction of sp³-hybridized carbons (Fsp3) is 0.471. The average molecular weight is 381 g/mol. The van der Waals surface area contributed by atoms with Gasteiger partial charge < -0.3 is 20.5 Å². The second kappa shape index (κ2) is 9.51. The van der Waals surface area contributed by atoms with Gasteiger partial charge >= 0.3 is 5.97 Å². The number of nitrogens with zero attached hydrogens (tertiary/aromatic N) is 1. The summed E-state index contributed by atoms with van der Waals surface area (Å²) in [7, 11) is 1.32. The van der Waals surface area contributed by atoms with Crippen molar-refractivity contribution in [1.82, 2.24) is 10.6 Å². The lowest BCUT2D eigenvalue weighted by Gasteiger charge is -2.16. The molecule has 0 bridgehead atoms. The van der Waals surface area contributed by atoms with Gasteiger partial charge in [0, 0.05) is 11.6 Å². The average Bonchev–Trinajstić information content (AvgIpc) is 2.58. The SMILES string of the molecule is COc1cc(C(=O)NCC(=O)N[C@@H](CC(C)C)C(=O)O)cc([N+](=O)[O-])c1C. The van der Waals surface area contributed by atoms with Crippen LogP contribution in [0.1, 0.15) is 36.2 Å². The third kappa shape index (κ3) is 6.24. The van der Waals surface area contributed by atoms with Gasteiger partial charge in [0.25, 0.3) is 11.6 Å². The van der Waals surface area contributed by atoms with Crippen molar-refractivity contribution in [2.75, 3.05) is 13.7 Å². The molecule has 1 rings (SSSR count). The number of rotatable bonds is 9. The lowest BCUT2D eigenvalue weighted by Crippen LogP contribution is -2.46. The number of benzene rings is 1. The van der Waals surface area contributed by atoms with Crippen LogP contribution >= 0.6 is 0 Å². The normalized spacial score (nSPS) is 11.6. The first-order valence-electron chi connectivity index (χ1n) is 8.20. The summed E-state index contributed by atoms with van der Waals surface area (Å²) >= 11 is 0. The first-order valence-corrected chi connectivity index (χ1v) is 8.20. The molecule has 0 aliphatic rings. The van der Waals surface area contributed by atoms with E-state index in [9.17, 15) is 24.5 Å². The van der Waals surface area contributed by atoms with Gasteiger partial charge in [0.05, 0.1) is 24.1 Å². The van der Waals surface area contributed by atoms with Crippen LogP contribution in [0, 0.1) is 23.0 Å². The largest absolute Gasteiger partial charge is 0.496 e. The summed E-state index contributed by atoms with van der Waals surface area (Å²) in [6, 6.07) is 1.35. The van der Waals surface area contributed by atoms with Crippen molar-refractivity contribution in [2.24, 2.45) is 5.92 Å². The third-order valence-corrected chi connectivity index (χ3v) is 3.76. The van der Waals surface area contributed by atoms with Crippen molar-refractivity contribution < 1.29 is 29.2 Å². The predicted octanol–water partition coefficient (Wildman–Crippen LogP) is 1.26. The molecule has 0 unspecified atom stereocenters. The van der Waals surface area contributed by atoms with Gasteiger partial charge in [-0.15, -0.1) is 0 Å². The Morgan fingerprint density at radius 1 is 1.30 bits per heavy atom. The first-order chi connectivity index (χ1) is 12.6. The standard InChI is InChI=1S/C17H23N3O7/c1-9(2)5-12(17(23)24)19-15(21)8-18-16(22)11-6-13(20(25)26)10(3)14(7-11)27-4/h6-7,9,12H,5,8H2,1-4H3,(H,18,22)(H,19,21)(H,23,24)/t12-/m0/s1. The summed E-state index contributed by atoms with van der Waals surface area (Å²) in [5.74, 6) is -2.34. The Labute approximate surface area is 156 Å². The molecule has 1 atom stereocenters. The monoisotopic (exact) mass is 381 g/mol. The van der Waals surface area contributed by atoms with Gasteiger partial charge in [-0.3, -0.25) is 19.7 Å². The molecule has 0 radical (unpaired) electrons. The molecule has 1 aromatic rings. The van der Waals surface area contributed by atoms with Crippen molar-refractivity contribution in [3.63, 3.8) is 0 Å². The smallest absolute Gasteiger partial charge is 0.326 e. The Morgan fingerprint density at radius 3 is 2.41 bits per heavy atom. The van der Waals surface area contributed by atoms with Crippen LogP contribution in [0.3, 0.4) is 0 Å². The van der Waals surface area contributed by atoms with Crippen molar-refractivity contribution in [3.8, 4) is 5.75 Å². The summed E-state index contributed by atoms with van der Waals surface area (Å²) < 4.78 is 5.04. The minimum atomic E-state index is -1.16. The number of nitrogens with one attached hydrogen (secondary N) is 2. The molecule has 10 nitrogen and oxygen atoms in total. The third-order valence-electron chi connectivity index (χ3n) is 3.76. The van der Waals surface area contributed by atoms with Gasteiger partial charge in [0.1, 0.15) is 11.8 Å². The molecule has 148 valence electrons. The summed E-state index contributed by atoms with van der Waals surface area (Å²) in [6.07, 6.45) is 0.246. The Morgan fingerprint density at radius 2 is 1.93 bits per heavy atom. The van der Waals surface area contributed by atoms with Gasteiger partial charge in [-0.2, -0.15) is 0 Å². The molecular weight excluding hydrogens is 358 g/mol. The van der Waals surface area contributed by atoms with E-state index in [1.807, 2.05) is 13.8 Å². The van der Waals surface area contributed by atoms with E-state index in [0.29, 0.717) is 0 Å². The number of carbonyl (C=O) groups is 3. The Balaban J connectivity index is 2.82. The Bertz CT molecular complexity index is 746. The molecule has 0 spiro atoms. The highest BCUT2D eigenvalue weighted by molar-refractivity contribution is 5.98. The minimum absolute atomic E-state index is 0.0473. The van der Waals surface area contributed by atoms with Crippen LogP contribution in [-0.2, 0) is 9.59 Å². The second-order valence-corrected chi connectivity index (χ2v) is 6.35. The maximum Gasteiger partial charge on any atom is 0.326 e. The summed E-state index contributed by atoms with van der Waals surface area (Å²) in [5.41, 5.74) is -0.0597. The molecule has 10 heteroatoms. The van der Waals surface area contributed by atoms with Gasteiger partial charge in [-0.25, -0.2) is 4.79 Å². The molecule has 0 aromatic heterocycles. The molecule has 0 saturated carbocycles. The number of hydrogen-bond acceptors (Lipinski definition) is 6. The number of ether oxygens (including phenoxy) is 1. The topological polar surface area (TPSA) is 148 Å². The number of carbonyl (C=O) groups excluding carboxylic acids is 2. The summed E-state index contributed by atoms with van der Waals surface area (Å²) in [6.45, 7) is 4.67. The lowest BCUT2D eigenvalue weighted by atomic mass is 10.0. The van der Waals surface area contributed by atoms with Crippen LogP contribution in [-0.4, -0.2) is 47.5 Å². The van der Waals surface area contributed by atoms with E-state index < -0.39 is 35.3 Å². The number of methoxy groups -OCH3 is 1. The molecule has 1 aromatic carbocycles. The van der Waals surface area contributed by atoms with Crippen LogP contribution in [0.4, 0.5) is 5.69 Å². The predicted molar refractivity (Wildman–Crippen MR) is 95.7 cm³/mol. The van der Waals surface area contributed by atoms with E-state index in [-0.39, 0.29) is 34.9 Å². The molecule has 0 fully saturated rings. The maximum atomic E-state index is 12.2. The molecule has 27 heavy (non-hydrogen) atoms. The molecular formula is C17H23N3O7. The number of amides is 2. The minimum Gasteiger partial charge on any atom is -0.496 e. The molecule has 0 aliphatic carbocycles. The fourth-order valence-corrected chi connectivity index (χ4v) is 2.41. The molecule has 0 aliphatic heterocycles. The van der Waals surface area contributed by atoms with E-state index in [4.69, 9.17) is 9.84 Å². The number of carboxylic acids is 1. The zero-order valence-electron chi connectivity index (χ0n) is 15.6. The first kappa shape index (κ1) is 21.9. The second-order valence-electron chi connectivity index (χ2n) is 6.35. The Kier molecular flexibility index (Phi) is 7.70.